The van der Waals surface area contributed by atoms with Gasteiger partial charge < -0.3 is 0 Å². The van der Waals surface area contributed by atoms with Crippen LogP contribution in [0.15, 0.2) is 182 Å². The summed E-state index contributed by atoms with van der Waals surface area (Å²) in [5, 5.41) is 14.1. The lowest BCUT2D eigenvalue weighted by Crippen LogP contribution is -2.00. The van der Waals surface area contributed by atoms with Gasteiger partial charge in [0.15, 0.2) is 17.5 Å². The predicted octanol–water partition coefficient (Wildman–Crippen LogP) is 11.2. The van der Waals surface area contributed by atoms with E-state index in [0.29, 0.717) is 17.5 Å². The van der Waals surface area contributed by atoms with E-state index in [0.717, 1.165) is 77.2 Å². The first-order valence-electron chi connectivity index (χ1n) is 17.6. The Hall–Kier alpha value is -7.31. The quantitative estimate of drug-likeness (QED) is 0.164. The summed E-state index contributed by atoms with van der Waals surface area (Å²) in [4.78, 5) is 17.1. The highest BCUT2D eigenvalue weighted by atomic mass is 15.5. The van der Waals surface area contributed by atoms with Crippen LogP contribution >= 0.6 is 0 Å². The minimum Gasteiger partial charge on any atom is -0.208 e. The van der Waals surface area contributed by atoms with Crippen LogP contribution in [0.25, 0.3) is 94.7 Å². The van der Waals surface area contributed by atoms with Crippen molar-refractivity contribution < 1.29 is 0 Å². The summed E-state index contributed by atoms with van der Waals surface area (Å²) >= 11 is 0. The van der Waals surface area contributed by atoms with Crippen molar-refractivity contribution in [2.24, 2.45) is 0 Å². The van der Waals surface area contributed by atoms with Gasteiger partial charge in [-0.25, -0.2) is 15.0 Å². The molecule has 2 aromatic heterocycles. The largest absolute Gasteiger partial charge is 0.208 e. The predicted molar refractivity (Wildman–Crippen MR) is 214 cm³/mol. The van der Waals surface area contributed by atoms with Crippen LogP contribution in [0, 0.1) is 0 Å². The van der Waals surface area contributed by atoms with Gasteiger partial charge >= 0.3 is 0 Å². The highest BCUT2D eigenvalue weighted by molar-refractivity contribution is 6.18. The van der Waals surface area contributed by atoms with Gasteiger partial charge in [0, 0.05) is 22.1 Å². The molecule has 8 aromatic carbocycles. The van der Waals surface area contributed by atoms with Crippen LogP contribution < -0.4 is 0 Å². The maximum Gasteiger partial charge on any atom is 0.164 e. The lowest BCUT2D eigenvalue weighted by molar-refractivity contribution is 0.766. The summed E-state index contributed by atoms with van der Waals surface area (Å²) in [6.45, 7) is 0. The third kappa shape index (κ3) is 5.69. The molecule has 10 rings (SSSR count). The molecule has 0 bridgehead atoms. The molecule has 6 nitrogen and oxygen atoms in total. The van der Waals surface area contributed by atoms with Gasteiger partial charge in [0.05, 0.1) is 5.69 Å². The van der Waals surface area contributed by atoms with Crippen molar-refractivity contribution in [2.45, 2.75) is 0 Å². The molecule has 0 aliphatic rings. The number of nitrogens with zero attached hydrogens (tertiary/aromatic N) is 6. The van der Waals surface area contributed by atoms with Crippen LogP contribution in [0.2, 0.25) is 0 Å². The summed E-state index contributed by atoms with van der Waals surface area (Å²) in [6.07, 6.45) is 0. The zero-order valence-corrected chi connectivity index (χ0v) is 28.5. The molecule has 0 spiro atoms. The van der Waals surface area contributed by atoms with E-state index in [4.69, 9.17) is 25.1 Å². The number of hydrogen-bond acceptors (Lipinski definition) is 5. The molecule has 0 saturated heterocycles. The Kier molecular flexibility index (Phi) is 7.36. The van der Waals surface area contributed by atoms with E-state index in [2.05, 4.69) is 133 Å². The molecule has 53 heavy (non-hydrogen) atoms. The number of aromatic nitrogens is 6. The Morgan fingerprint density at radius 1 is 0.340 bits per heavy atom. The van der Waals surface area contributed by atoms with E-state index in [9.17, 15) is 0 Å². The zero-order chi connectivity index (χ0) is 35.1. The Labute approximate surface area is 305 Å². The van der Waals surface area contributed by atoms with Gasteiger partial charge in [-0.3, -0.25) is 0 Å². The SMILES string of the molecule is c1ccc(-c2cccc(-c3nc(-c4cccc(-c5ccccc5)c4)nc(-c4ccc5ccc6ccc7nn(-c8ccccc8)nc7c6c5c4)n3)c2)cc1. The Morgan fingerprint density at radius 3 is 1.42 bits per heavy atom. The molecule has 0 amide bonds. The molecule has 248 valence electrons. The highest BCUT2D eigenvalue weighted by Gasteiger charge is 2.16. The molecule has 0 unspecified atom stereocenters. The standard InChI is InChI=1S/C47H30N6/c1-4-12-31(13-5-1)35-16-10-18-37(28-35)45-48-46(38-19-11-17-36(29-38)32-14-6-2-7-15-32)50-47(49-45)39-25-23-33-22-24-34-26-27-42-44(43(34)41(33)30-39)52-53(51-42)40-20-8-3-9-21-40/h1-30H. The van der Waals surface area contributed by atoms with Gasteiger partial charge in [-0.2, -0.15) is 4.80 Å². The topological polar surface area (TPSA) is 69.4 Å². The van der Waals surface area contributed by atoms with Crippen molar-refractivity contribution in [3.8, 4) is 62.1 Å². The van der Waals surface area contributed by atoms with Gasteiger partial charge in [0.1, 0.15) is 11.0 Å². The third-order valence-corrected chi connectivity index (χ3v) is 9.69. The normalized spacial score (nSPS) is 11.4. The lowest BCUT2D eigenvalue weighted by atomic mass is 9.98. The van der Waals surface area contributed by atoms with Crippen molar-refractivity contribution in [3.63, 3.8) is 0 Å². The highest BCUT2D eigenvalue weighted by Crippen LogP contribution is 2.35. The summed E-state index contributed by atoms with van der Waals surface area (Å²) in [5.41, 5.74) is 9.79. The van der Waals surface area contributed by atoms with E-state index in [1.165, 1.54) is 0 Å². The van der Waals surface area contributed by atoms with E-state index >= 15 is 0 Å². The third-order valence-electron chi connectivity index (χ3n) is 9.69. The lowest BCUT2D eigenvalue weighted by Gasteiger charge is -2.11. The van der Waals surface area contributed by atoms with E-state index in [-0.39, 0.29) is 0 Å². The van der Waals surface area contributed by atoms with Crippen molar-refractivity contribution in [1.82, 2.24) is 29.9 Å². The molecule has 0 aliphatic heterocycles. The molecule has 0 N–H and O–H groups in total. The molecule has 0 saturated carbocycles. The van der Waals surface area contributed by atoms with Gasteiger partial charge in [-0.1, -0.05) is 146 Å². The van der Waals surface area contributed by atoms with Crippen molar-refractivity contribution in [1.29, 1.82) is 0 Å². The van der Waals surface area contributed by atoms with Crippen molar-refractivity contribution in [3.05, 3.63) is 182 Å². The molecule has 0 aliphatic carbocycles. The van der Waals surface area contributed by atoms with E-state index in [1.54, 1.807) is 4.80 Å². The first kappa shape index (κ1) is 30.5. The molecular weight excluding hydrogens is 649 g/mol. The number of hydrogen-bond donors (Lipinski definition) is 0. The van der Waals surface area contributed by atoms with Crippen LogP contribution in [0.4, 0.5) is 0 Å². The number of para-hydroxylation sites is 1. The van der Waals surface area contributed by atoms with Crippen molar-refractivity contribution >= 4 is 32.6 Å². The molecule has 0 atom stereocenters. The smallest absolute Gasteiger partial charge is 0.164 e. The van der Waals surface area contributed by atoms with Crippen LogP contribution in [0.3, 0.4) is 0 Å². The van der Waals surface area contributed by atoms with E-state index in [1.807, 2.05) is 48.5 Å². The summed E-state index contributed by atoms with van der Waals surface area (Å²) in [6, 6.07) is 62.5. The maximum absolute atomic E-state index is 5.15. The molecule has 6 heteroatoms. The first-order valence-corrected chi connectivity index (χ1v) is 17.6. The fraction of sp³-hybridized carbons (Fsp3) is 0. The summed E-state index contributed by atoms with van der Waals surface area (Å²) < 4.78 is 0. The second kappa shape index (κ2) is 12.8. The fourth-order valence-electron chi connectivity index (χ4n) is 7.03. The number of benzene rings is 8. The molecular formula is C47H30N6. The molecule has 0 radical (unpaired) electrons. The van der Waals surface area contributed by atoms with Gasteiger partial charge in [0.2, 0.25) is 0 Å². The fourth-order valence-corrected chi connectivity index (χ4v) is 7.03. The molecule has 10 aromatic rings. The number of rotatable bonds is 6. The van der Waals surface area contributed by atoms with Crippen LogP contribution in [0.5, 0.6) is 0 Å². The first-order chi connectivity index (χ1) is 26.2. The average Bonchev–Trinajstić information content (AvgIpc) is 3.69. The molecule has 0 fully saturated rings. The zero-order valence-electron chi connectivity index (χ0n) is 28.5. The monoisotopic (exact) mass is 678 g/mol. The Morgan fingerprint density at radius 2 is 0.811 bits per heavy atom. The van der Waals surface area contributed by atoms with Gasteiger partial charge in [0.25, 0.3) is 0 Å². The minimum absolute atomic E-state index is 0.597. The van der Waals surface area contributed by atoms with Gasteiger partial charge in [-0.05, 0) is 74.8 Å². The summed E-state index contributed by atoms with van der Waals surface area (Å²) in [5.74, 6) is 1.82. The van der Waals surface area contributed by atoms with Crippen LogP contribution in [-0.2, 0) is 0 Å². The summed E-state index contributed by atoms with van der Waals surface area (Å²) in [7, 11) is 0. The van der Waals surface area contributed by atoms with Crippen LogP contribution in [-0.4, -0.2) is 29.9 Å². The second-order valence-electron chi connectivity index (χ2n) is 13.1. The maximum atomic E-state index is 5.15. The Bertz CT molecular complexity index is 2840. The second-order valence-corrected chi connectivity index (χ2v) is 13.1. The Balaban J connectivity index is 1.17. The van der Waals surface area contributed by atoms with Gasteiger partial charge in [-0.15, -0.1) is 10.2 Å². The van der Waals surface area contributed by atoms with Crippen molar-refractivity contribution in [2.75, 3.05) is 0 Å². The molecule has 2 heterocycles. The van der Waals surface area contributed by atoms with E-state index < -0.39 is 0 Å². The minimum atomic E-state index is 0.597. The average molecular weight is 679 g/mol. The van der Waals surface area contributed by atoms with Crippen LogP contribution in [0.1, 0.15) is 0 Å². The number of fused-ring (bicyclic) bond motifs is 5.